The first-order valence-corrected chi connectivity index (χ1v) is 7.18. The summed E-state index contributed by atoms with van der Waals surface area (Å²) in [6.07, 6.45) is 1.92. The predicted octanol–water partition coefficient (Wildman–Crippen LogP) is 4.07. The highest BCUT2D eigenvalue weighted by atomic mass is 16.1. The fourth-order valence-electron chi connectivity index (χ4n) is 2.89. The molecule has 1 heterocycles. The van der Waals surface area contributed by atoms with E-state index in [-0.39, 0.29) is 5.78 Å². The molecular weight excluding hydrogens is 272 g/mol. The molecule has 0 spiro atoms. The Hall–Kier alpha value is -2.86. The van der Waals surface area contributed by atoms with Gasteiger partial charge in [-0.1, -0.05) is 30.3 Å². The molecule has 3 nitrogen and oxygen atoms in total. The molecule has 0 aliphatic carbocycles. The topological polar surface area (TPSA) is 45.8 Å². The average molecular weight is 288 g/mol. The molecule has 3 aromatic rings. The van der Waals surface area contributed by atoms with Gasteiger partial charge in [0.1, 0.15) is 0 Å². The van der Waals surface area contributed by atoms with Gasteiger partial charge >= 0.3 is 0 Å². The second kappa shape index (κ2) is 5.50. The van der Waals surface area contributed by atoms with Crippen LogP contribution >= 0.6 is 0 Å². The van der Waals surface area contributed by atoms with E-state index >= 15 is 0 Å². The largest absolute Gasteiger partial charge is 0.342 e. The van der Waals surface area contributed by atoms with Gasteiger partial charge in [0, 0.05) is 23.7 Å². The molecule has 0 bridgehead atoms. The quantitative estimate of drug-likeness (QED) is 0.682. The van der Waals surface area contributed by atoms with Crippen molar-refractivity contribution in [2.24, 2.45) is 0 Å². The molecule has 0 radical (unpaired) electrons. The standard InChI is InChI=1S/C19H16N2O/c1-13-5-3-8-17-18(14(2)22)12-21(19(13)17)11-16-7-4-6-15(9-16)10-20/h3-9,12H,11H2,1-2H3. The van der Waals surface area contributed by atoms with Crippen LogP contribution in [-0.2, 0) is 6.54 Å². The zero-order chi connectivity index (χ0) is 15.7. The number of hydrogen-bond acceptors (Lipinski definition) is 2. The first kappa shape index (κ1) is 14.1. The third kappa shape index (κ3) is 2.40. The Bertz CT molecular complexity index is 913. The summed E-state index contributed by atoms with van der Waals surface area (Å²) in [5.41, 5.74) is 4.67. The molecule has 0 N–H and O–H groups in total. The molecule has 0 amide bonds. The number of fused-ring (bicyclic) bond motifs is 1. The number of para-hydroxylation sites is 1. The Kier molecular flexibility index (Phi) is 3.52. The van der Waals surface area contributed by atoms with Crippen LogP contribution in [0.3, 0.4) is 0 Å². The summed E-state index contributed by atoms with van der Waals surface area (Å²) in [6.45, 7) is 4.29. The van der Waals surface area contributed by atoms with Crippen molar-refractivity contribution in [1.82, 2.24) is 4.57 Å². The molecule has 22 heavy (non-hydrogen) atoms. The minimum absolute atomic E-state index is 0.0696. The van der Waals surface area contributed by atoms with Crippen molar-refractivity contribution >= 4 is 16.7 Å². The number of carbonyl (C=O) groups is 1. The number of carbonyl (C=O) groups excluding carboxylic acids is 1. The third-order valence-corrected chi connectivity index (χ3v) is 3.89. The fourth-order valence-corrected chi connectivity index (χ4v) is 2.89. The van der Waals surface area contributed by atoms with E-state index in [0.29, 0.717) is 12.1 Å². The van der Waals surface area contributed by atoms with E-state index in [1.165, 1.54) is 0 Å². The summed E-state index contributed by atoms with van der Waals surface area (Å²) in [4.78, 5) is 11.9. The zero-order valence-electron chi connectivity index (χ0n) is 12.6. The van der Waals surface area contributed by atoms with Crippen LogP contribution in [-0.4, -0.2) is 10.4 Å². The molecule has 2 aromatic carbocycles. The van der Waals surface area contributed by atoms with Crippen LogP contribution in [0.15, 0.2) is 48.7 Å². The maximum absolute atomic E-state index is 11.9. The van der Waals surface area contributed by atoms with E-state index in [0.717, 1.165) is 27.6 Å². The first-order chi connectivity index (χ1) is 10.6. The van der Waals surface area contributed by atoms with Gasteiger partial charge in [-0.3, -0.25) is 4.79 Å². The van der Waals surface area contributed by atoms with Gasteiger partial charge in [-0.15, -0.1) is 0 Å². The number of ketones is 1. The van der Waals surface area contributed by atoms with Gasteiger partial charge in [0.15, 0.2) is 5.78 Å². The Labute approximate surface area is 129 Å². The number of benzene rings is 2. The highest BCUT2D eigenvalue weighted by Gasteiger charge is 2.13. The van der Waals surface area contributed by atoms with Crippen LogP contribution in [0, 0.1) is 18.3 Å². The number of rotatable bonds is 3. The molecule has 0 atom stereocenters. The zero-order valence-corrected chi connectivity index (χ0v) is 12.6. The van der Waals surface area contributed by atoms with Gasteiger partial charge in [-0.2, -0.15) is 5.26 Å². The number of hydrogen-bond donors (Lipinski definition) is 0. The van der Waals surface area contributed by atoms with Crippen molar-refractivity contribution in [2.45, 2.75) is 20.4 Å². The lowest BCUT2D eigenvalue weighted by Gasteiger charge is -2.08. The number of aromatic nitrogens is 1. The summed E-state index contributed by atoms with van der Waals surface area (Å²) < 4.78 is 2.10. The molecule has 3 heteroatoms. The van der Waals surface area contributed by atoms with Crippen molar-refractivity contribution < 1.29 is 4.79 Å². The Balaban J connectivity index is 2.14. The van der Waals surface area contributed by atoms with E-state index in [1.54, 1.807) is 13.0 Å². The minimum atomic E-state index is 0.0696. The second-order valence-corrected chi connectivity index (χ2v) is 5.51. The van der Waals surface area contributed by atoms with Crippen molar-refractivity contribution in [2.75, 3.05) is 0 Å². The SMILES string of the molecule is CC(=O)c1cn(Cc2cccc(C#N)c2)c2c(C)cccc12. The highest BCUT2D eigenvalue weighted by molar-refractivity contribution is 6.07. The Morgan fingerprint density at radius 3 is 2.73 bits per heavy atom. The fraction of sp³-hybridized carbons (Fsp3) is 0.158. The molecule has 0 saturated heterocycles. The molecule has 0 unspecified atom stereocenters. The summed E-state index contributed by atoms with van der Waals surface area (Å²) >= 11 is 0. The molecule has 1 aromatic heterocycles. The summed E-state index contributed by atoms with van der Waals surface area (Å²) in [5, 5.41) is 10.0. The van der Waals surface area contributed by atoms with Crippen molar-refractivity contribution in [3.05, 3.63) is 70.9 Å². The number of Topliss-reactive ketones (excluding diaryl/α,β-unsaturated/α-hetero) is 1. The van der Waals surface area contributed by atoms with Crippen LogP contribution in [0.1, 0.15) is 34.0 Å². The number of nitrogens with zero attached hydrogens (tertiary/aromatic N) is 2. The first-order valence-electron chi connectivity index (χ1n) is 7.18. The normalized spacial score (nSPS) is 10.6. The van der Waals surface area contributed by atoms with Gasteiger partial charge in [0.05, 0.1) is 17.1 Å². The third-order valence-electron chi connectivity index (χ3n) is 3.89. The van der Waals surface area contributed by atoms with Gasteiger partial charge in [-0.05, 0) is 37.1 Å². The lowest BCUT2D eigenvalue weighted by molar-refractivity contribution is 0.101. The maximum Gasteiger partial charge on any atom is 0.161 e. The van der Waals surface area contributed by atoms with Gasteiger partial charge in [0.2, 0.25) is 0 Å². The van der Waals surface area contributed by atoms with Crippen molar-refractivity contribution in [3.63, 3.8) is 0 Å². The Morgan fingerprint density at radius 2 is 2.00 bits per heavy atom. The molecule has 0 aliphatic heterocycles. The van der Waals surface area contributed by atoms with Crippen LogP contribution in [0.5, 0.6) is 0 Å². The van der Waals surface area contributed by atoms with Crippen molar-refractivity contribution in [1.29, 1.82) is 5.26 Å². The summed E-state index contributed by atoms with van der Waals surface area (Å²) in [7, 11) is 0. The van der Waals surface area contributed by atoms with E-state index in [4.69, 9.17) is 5.26 Å². The Morgan fingerprint density at radius 1 is 1.23 bits per heavy atom. The molecule has 0 fully saturated rings. The molecule has 0 aliphatic rings. The van der Waals surface area contributed by atoms with E-state index in [9.17, 15) is 4.79 Å². The van der Waals surface area contributed by atoms with Crippen LogP contribution in [0.25, 0.3) is 10.9 Å². The van der Waals surface area contributed by atoms with E-state index in [2.05, 4.69) is 23.6 Å². The van der Waals surface area contributed by atoms with Crippen LogP contribution in [0.4, 0.5) is 0 Å². The van der Waals surface area contributed by atoms with Gasteiger partial charge < -0.3 is 4.57 Å². The highest BCUT2D eigenvalue weighted by Crippen LogP contribution is 2.26. The average Bonchev–Trinajstić information content (AvgIpc) is 2.88. The lowest BCUT2D eigenvalue weighted by Crippen LogP contribution is -1.99. The summed E-state index contributed by atoms with van der Waals surface area (Å²) in [5.74, 6) is 0.0696. The molecule has 3 rings (SSSR count). The van der Waals surface area contributed by atoms with Gasteiger partial charge in [-0.25, -0.2) is 0 Å². The number of aryl methyl sites for hydroxylation is 1. The summed E-state index contributed by atoms with van der Waals surface area (Å²) in [6, 6.07) is 15.7. The number of nitriles is 1. The lowest BCUT2D eigenvalue weighted by atomic mass is 10.1. The minimum Gasteiger partial charge on any atom is -0.342 e. The maximum atomic E-state index is 11.9. The van der Waals surface area contributed by atoms with Crippen LogP contribution in [0.2, 0.25) is 0 Å². The predicted molar refractivity (Wildman–Crippen MR) is 86.9 cm³/mol. The van der Waals surface area contributed by atoms with E-state index in [1.807, 2.05) is 36.5 Å². The second-order valence-electron chi connectivity index (χ2n) is 5.51. The van der Waals surface area contributed by atoms with E-state index < -0.39 is 0 Å². The smallest absolute Gasteiger partial charge is 0.161 e. The van der Waals surface area contributed by atoms with Gasteiger partial charge in [0.25, 0.3) is 0 Å². The molecule has 0 saturated carbocycles. The molecular formula is C19H16N2O. The monoisotopic (exact) mass is 288 g/mol. The molecule has 108 valence electrons. The van der Waals surface area contributed by atoms with Crippen molar-refractivity contribution in [3.8, 4) is 6.07 Å². The van der Waals surface area contributed by atoms with Crippen LogP contribution < -0.4 is 0 Å².